The number of carbonyl (C=O) groups is 2. The van der Waals surface area contributed by atoms with Gasteiger partial charge in [0.15, 0.2) is 5.78 Å². The largest absolute Gasteiger partial charge is 0.352 e. The van der Waals surface area contributed by atoms with Crippen molar-refractivity contribution in [3.63, 3.8) is 0 Å². The first-order valence-electron chi connectivity index (χ1n) is 16.0. The van der Waals surface area contributed by atoms with E-state index in [1.165, 1.54) is 10.4 Å². The molecule has 1 saturated heterocycles. The van der Waals surface area contributed by atoms with E-state index in [9.17, 15) is 9.59 Å². The van der Waals surface area contributed by atoms with Gasteiger partial charge in [-0.25, -0.2) is 4.98 Å². The van der Waals surface area contributed by atoms with Gasteiger partial charge in [0.25, 0.3) is 0 Å². The Morgan fingerprint density at radius 1 is 1.05 bits per heavy atom. The molecule has 0 aliphatic carbocycles. The lowest BCUT2D eigenvalue weighted by Gasteiger charge is -2.22. The van der Waals surface area contributed by atoms with Crippen LogP contribution in [0.2, 0.25) is 0 Å². The first-order chi connectivity index (χ1) is 20.8. The molecule has 6 nitrogen and oxygen atoms in total. The summed E-state index contributed by atoms with van der Waals surface area (Å²) in [5.74, 6) is 1.04. The molecule has 2 atom stereocenters. The van der Waals surface area contributed by atoms with Crippen LogP contribution < -0.4 is 5.32 Å². The third-order valence-electron chi connectivity index (χ3n) is 8.73. The van der Waals surface area contributed by atoms with E-state index in [0.717, 1.165) is 62.2 Å². The van der Waals surface area contributed by atoms with Crippen LogP contribution in [-0.4, -0.2) is 45.3 Å². The molecule has 2 aromatic heterocycles. The van der Waals surface area contributed by atoms with Crippen molar-refractivity contribution in [1.29, 1.82) is 0 Å². The van der Waals surface area contributed by atoms with Crippen LogP contribution in [-0.2, 0) is 17.8 Å². The number of carbonyl (C=O) groups excluding carboxylic acids is 2. The number of fused-ring (bicyclic) bond motifs is 1. The molecular weight excluding hydrogens is 552 g/mol. The van der Waals surface area contributed by atoms with Crippen LogP contribution in [0.3, 0.4) is 0 Å². The zero-order valence-corrected chi connectivity index (χ0v) is 26.9. The van der Waals surface area contributed by atoms with Crippen LogP contribution in [0, 0.1) is 11.8 Å². The third kappa shape index (κ3) is 7.81. The normalized spacial score (nSPS) is 16.4. The summed E-state index contributed by atoms with van der Waals surface area (Å²) < 4.78 is 2.38. The molecular formula is C36H46N4O2S. The molecule has 0 spiro atoms. The number of thiophene rings is 1. The highest BCUT2D eigenvalue weighted by Crippen LogP contribution is 2.29. The second kappa shape index (κ2) is 14.5. The van der Waals surface area contributed by atoms with Gasteiger partial charge in [-0.2, -0.15) is 0 Å². The van der Waals surface area contributed by atoms with Gasteiger partial charge in [0, 0.05) is 60.9 Å². The Morgan fingerprint density at radius 3 is 2.53 bits per heavy atom. The molecule has 228 valence electrons. The number of nitrogens with zero attached hydrogens (tertiary/aromatic N) is 3. The van der Waals surface area contributed by atoms with E-state index in [2.05, 4.69) is 90.3 Å². The molecule has 1 aliphatic rings. The van der Waals surface area contributed by atoms with Crippen molar-refractivity contribution in [3.05, 3.63) is 87.9 Å². The average Bonchev–Trinajstić information content (AvgIpc) is 3.75. The summed E-state index contributed by atoms with van der Waals surface area (Å²) in [6.07, 6.45) is 4.67. The van der Waals surface area contributed by atoms with Gasteiger partial charge in [-0.3, -0.25) is 14.5 Å². The number of ketones is 1. The van der Waals surface area contributed by atoms with Crippen LogP contribution in [0.5, 0.6) is 0 Å². The summed E-state index contributed by atoms with van der Waals surface area (Å²) in [7, 11) is 0. The molecule has 5 rings (SSSR count). The van der Waals surface area contributed by atoms with Gasteiger partial charge in [0.2, 0.25) is 5.91 Å². The smallest absolute Gasteiger partial charge is 0.223 e. The number of amides is 1. The van der Waals surface area contributed by atoms with Gasteiger partial charge in [-0.1, -0.05) is 64.1 Å². The van der Waals surface area contributed by atoms with Gasteiger partial charge >= 0.3 is 0 Å². The molecule has 1 aliphatic heterocycles. The number of benzene rings is 2. The van der Waals surface area contributed by atoms with Crippen LogP contribution in [0.1, 0.15) is 92.5 Å². The van der Waals surface area contributed by atoms with Crippen LogP contribution in [0.25, 0.3) is 11.0 Å². The quantitative estimate of drug-likeness (QED) is 0.151. The molecule has 2 aromatic carbocycles. The summed E-state index contributed by atoms with van der Waals surface area (Å²) in [5, 5.41) is 5.40. The molecule has 1 amide bonds. The number of hydrogen-bond acceptors (Lipinski definition) is 5. The number of likely N-dealkylation sites (tertiary alicyclic amines) is 1. The van der Waals surface area contributed by atoms with Crippen molar-refractivity contribution in [2.75, 3.05) is 13.1 Å². The zero-order valence-electron chi connectivity index (χ0n) is 26.1. The fourth-order valence-corrected chi connectivity index (χ4v) is 7.23. The van der Waals surface area contributed by atoms with E-state index < -0.39 is 0 Å². The first-order valence-corrected chi connectivity index (χ1v) is 16.9. The minimum atomic E-state index is -0.345. The number of hydrogen-bond donors (Lipinski definition) is 1. The first kappa shape index (κ1) is 31.1. The maximum absolute atomic E-state index is 13.7. The Labute approximate surface area is 260 Å². The van der Waals surface area contributed by atoms with E-state index in [1.807, 2.05) is 18.2 Å². The van der Waals surface area contributed by atoms with Crippen molar-refractivity contribution in [1.82, 2.24) is 19.8 Å². The second-order valence-corrected chi connectivity index (χ2v) is 13.5. The van der Waals surface area contributed by atoms with Gasteiger partial charge in [0.1, 0.15) is 5.82 Å². The summed E-state index contributed by atoms with van der Waals surface area (Å²) in [6.45, 7) is 11.4. The van der Waals surface area contributed by atoms with Crippen LogP contribution in [0.15, 0.2) is 66.0 Å². The summed E-state index contributed by atoms with van der Waals surface area (Å²) in [6, 6.07) is 21.1. The maximum Gasteiger partial charge on any atom is 0.223 e. The van der Waals surface area contributed by atoms with Crippen molar-refractivity contribution >= 4 is 34.1 Å². The highest BCUT2D eigenvalue weighted by Gasteiger charge is 2.29. The summed E-state index contributed by atoms with van der Waals surface area (Å²) in [4.78, 5) is 35.9. The molecule has 1 unspecified atom stereocenters. The molecule has 4 aromatic rings. The van der Waals surface area contributed by atoms with Gasteiger partial charge in [-0.15, -0.1) is 11.3 Å². The lowest BCUT2D eigenvalue weighted by atomic mass is 9.89. The number of aromatic nitrogens is 2. The van der Waals surface area contributed by atoms with Gasteiger partial charge in [0.05, 0.1) is 11.0 Å². The highest BCUT2D eigenvalue weighted by atomic mass is 32.1. The van der Waals surface area contributed by atoms with E-state index in [-0.39, 0.29) is 30.1 Å². The Kier molecular flexibility index (Phi) is 10.5. The summed E-state index contributed by atoms with van der Waals surface area (Å²) in [5.41, 5.74) is 3.87. The molecule has 0 bridgehead atoms. The average molecular weight is 599 g/mol. The van der Waals surface area contributed by atoms with Gasteiger partial charge < -0.3 is 9.88 Å². The Balaban J connectivity index is 1.29. The predicted molar refractivity (Wildman–Crippen MR) is 177 cm³/mol. The topological polar surface area (TPSA) is 67.2 Å². The van der Waals surface area contributed by atoms with E-state index >= 15 is 0 Å². The van der Waals surface area contributed by atoms with Crippen LogP contribution >= 0.6 is 11.3 Å². The number of rotatable bonds is 14. The molecule has 7 heteroatoms. The minimum absolute atomic E-state index is 0.00549. The number of nitrogens with one attached hydrogen (secondary N) is 1. The van der Waals surface area contributed by atoms with Crippen molar-refractivity contribution < 1.29 is 9.59 Å². The Hall–Kier alpha value is -3.29. The maximum atomic E-state index is 13.7. The predicted octanol–water partition coefficient (Wildman–Crippen LogP) is 7.68. The van der Waals surface area contributed by atoms with Crippen molar-refractivity contribution in [3.8, 4) is 0 Å². The standard InChI is InChI=1S/C36H46N4O2S/c1-5-30(6-2)40-33-15-14-27(20-32(33)38-35(40)22-31-13-10-18-43-31)34(41)21-28(19-25(3)4)36(42)37-29-16-17-39(24-29)23-26-11-8-7-9-12-26/h7-15,18,20,25,28-30H,5-6,16-17,19,21-24H2,1-4H3,(H,37,42)/t28-,29?/m1/s1. The van der Waals surface area contributed by atoms with Gasteiger partial charge in [-0.05, 0) is 66.8 Å². The lowest BCUT2D eigenvalue weighted by molar-refractivity contribution is -0.126. The van der Waals surface area contributed by atoms with Crippen molar-refractivity contribution in [2.24, 2.45) is 11.8 Å². The molecule has 3 heterocycles. The monoisotopic (exact) mass is 598 g/mol. The minimum Gasteiger partial charge on any atom is -0.352 e. The number of Topliss-reactive ketones (excluding diaryl/α,β-unsaturated/α-hetero) is 1. The SMILES string of the molecule is CCC(CC)n1c(Cc2cccs2)nc2cc(C(=O)C[C@@H](CC(C)C)C(=O)NC3CCN(Cc4ccccc4)C3)ccc21. The zero-order chi connectivity index (χ0) is 30.3. The second-order valence-electron chi connectivity index (χ2n) is 12.5. The molecule has 1 fully saturated rings. The number of imidazole rings is 1. The van der Waals surface area contributed by atoms with E-state index in [0.29, 0.717) is 23.9 Å². The molecule has 1 N–H and O–H groups in total. The third-order valence-corrected chi connectivity index (χ3v) is 9.61. The molecule has 0 radical (unpaired) electrons. The van der Waals surface area contributed by atoms with Crippen LogP contribution in [0.4, 0.5) is 0 Å². The molecule has 43 heavy (non-hydrogen) atoms. The van der Waals surface area contributed by atoms with E-state index in [4.69, 9.17) is 4.98 Å². The lowest BCUT2D eigenvalue weighted by Crippen LogP contribution is -2.41. The molecule has 0 saturated carbocycles. The fraction of sp³-hybridized carbons (Fsp3) is 0.472. The Morgan fingerprint density at radius 2 is 1.84 bits per heavy atom. The highest BCUT2D eigenvalue weighted by molar-refractivity contribution is 7.09. The Bertz CT molecular complexity index is 1490. The fourth-order valence-electron chi connectivity index (χ4n) is 6.53. The van der Waals surface area contributed by atoms with Crippen molar-refractivity contribution in [2.45, 2.75) is 84.8 Å². The summed E-state index contributed by atoms with van der Waals surface area (Å²) >= 11 is 1.75. The van der Waals surface area contributed by atoms with E-state index in [1.54, 1.807) is 11.3 Å².